The van der Waals surface area contributed by atoms with Gasteiger partial charge < -0.3 is 19.3 Å². The molecule has 1 aliphatic rings. The van der Waals surface area contributed by atoms with Crippen LogP contribution in [0.4, 0.5) is 5.69 Å². The summed E-state index contributed by atoms with van der Waals surface area (Å²) in [5.74, 6) is 0.374. The zero-order valence-corrected chi connectivity index (χ0v) is 20.0. The molecule has 1 unspecified atom stereocenters. The highest BCUT2D eigenvalue weighted by molar-refractivity contribution is 7.92. The Balaban J connectivity index is 1.64. The number of carbonyl (C=O) groups excluding carboxylic acids is 2. The second-order valence-corrected chi connectivity index (χ2v) is 9.75. The van der Waals surface area contributed by atoms with Crippen molar-refractivity contribution in [3.8, 4) is 11.5 Å². The normalized spacial score (nSPS) is 17.3. The van der Waals surface area contributed by atoms with Gasteiger partial charge in [0.05, 0.1) is 19.1 Å². The zero-order valence-electron chi connectivity index (χ0n) is 19.1. The third-order valence-electron chi connectivity index (χ3n) is 5.34. The Morgan fingerprint density at radius 2 is 1.79 bits per heavy atom. The Morgan fingerprint density at radius 1 is 1.09 bits per heavy atom. The molecule has 2 amide bonds. The van der Waals surface area contributed by atoms with Crippen molar-refractivity contribution in [3.05, 3.63) is 54.1 Å². The van der Waals surface area contributed by atoms with Crippen molar-refractivity contribution < 1.29 is 27.5 Å². The Labute approximate surface area is 194 Å². The van der Waals surface area contributed by atoms with Gasteiger partial charge in [0, 0.05) is 37.3 Å². The lowest BCUT2D eigenvalue weighted by Gasteiger charge is -2.40. The largest absolute Gasteiger partial charge is 0.493 e. The molecule has 0 spiro atoms. The molecule has 2 aromatic carbocycles. The number of anilines is 1. The van der Waals surface area contributed by atoms with Crippen molar-refractivity contribution in [1.82, 2.24) is 9.80 Å². The van der Waals surface area contributed by atoms with Gasteiger partial charge in [-0.15, -0.1) is 0 Å². The van der Waals surface area contributed by atoms with E-state index >= 15 is 0 Å². The number of benzene rings is 2. The standard InChI is InChI=1S/C23H29N3O6S/c1-16-15-25(23(28)18-8-6-5-7-9-18)12-13-26(16)22(27)17(2)32-20-11-10-19(14-21(20)31-3)24-33(4,29)30/h5-11,14,16-17,24H,12-13,15H2,1-4H3/t16-,17?/m1/s1. The number of hydrogen-bond acceptors (Lipinski definition) is 6. The molecule has 33 heavy (non-hydrogen) atoms. The van der Waals surface area contributed by atoms with Crippen LogP contribution in [0.15, 0.2) is 48.5 Å². The van der Waals surface area contributed by atoms with Crippen LogP contribution in [0.2, 0.25) is 0 Å². The molecule has 10 heteroatoms. The lowest BCUT2D eigenvalue weighted by Crippen LogP contribution is -2.57. The zero-order chi connectivity index (χ0) is 24.2. The van der Waals surface area contributed by atoms with Gasteiger partial charge in [0.15, 0.2) is 17.6 Å². The minimum absolute atomic E-state index is 0.0497. The predicted molar refractivity (Wildman–Crippen MR) is 125 cm³/mol. The maximum Gasteiger partial charge on any atom is 0.263 e. The summed E-state index contributed by atoms with van der Waals surface area (Å²) in [5.41, 5.74) is 0.954. The number of amides is 2. The second-order valence-electron chi connectivity index (χ2n) is 8.00. The van der Waals surface area contributed by atoms with E-state index in [0.29, 0.717) is 42.4 Å². The van der Waals surface area contributed by atoms with Crippen molar-refractivity contribution >= 4 is 27.5 Å². The Hall–Kier alpha value is -3.27. The topological polar surface area (TPSA) is 105 Å². The fourth-order valence-electron chi connectivity index (χ4n) is 3.75. The molecule has 2 atom stereocenters. The van der Waals surface area contributed by atoms with Gasteiger partial charge in [-0.3, -0.25) is 14.3 Å². The summed E-state index contributed by atoms with van der Waals surface area (Å²) in [7, 11) is -2.00. The van der Waals surface area contributed by atoms with Gasteiger partial charge in [-0.1, -0.05) is 18.2 Å². The molecule has 0 aliphatic carbocycles. The summed E-state index contributed by atoms with van der Waals surface area (Å²) in [4.78, 5) is 29.3. The fraction of sp³-hybridized carbons (Fsp3) is 0.391. The third-order valence-corrected chi connectivity index (χ3v) is 5.94. The van der Waals surface area contributed by atoms with Gasteiger partial charge in [0.2, 0.25) is 10.0 Å². The molecule has 2 aromatic rings. The summed E-state index contributed by atoms with van der Waals surface area (Å²) < 4.78 is 36.4. The van der Waals surface area contributed by atoms with E-state index in [1.54, 1.807) is 34.9 Å². The first-order valence-electron chi connectivity index (χ1n) is 10.6. The summed E-state index contributed by atoms with van der Waals surface area (Å²) >= 11 is 0. The molecule has 9 nitrogen and oxygen atoms in total. The number of methoxy groups -OCH3 is 1. The molecule has 1 saturated heterocycles. The molecule has 178 valence electrons. The van der Waals surface area contributed by atoms with Gasteiger partial charge >= 0.3 is 0 Å². The first-order chi connectivity index (χ1) is 15.6. The van der Waals surface area contributed by atoms with Gasteiger partial charge in [-0.2, -0.15) is 0 Å². The SMILES string of the molecule is COc1cc(NS(C)(=O)=O)ccc1OC(C)C(=O)N1CCN(C(=O)c2ccccc2)C[C@H]1C. The summed E-state index contributed by atoms with van der Waals surface area (Å²) in [6, 6.07) is 13.5. The van der Waals surface area contributed by atoms with E-state index in [9.17, 15) is 18.0 Å². The number of hydrogen-bond donors (Lipinski definition) is 1. The molecule has 0 bridgehead atoms. The molecule has 0 saturated carbocycles. The van der Waals surface area contributed by atoms with E-state index in [4.69, 9.17) is 9.47 Å². The van der Waals surface area contributed by atoms with Crippen LogP contribution >= 0.6 is 0 Å². The first kappa shape index (κ1) is 24.4. The maximum atomic E-state index is 13.1. The maximum absolute atomic E-state index is 13.1. The highest BCUT2D eigenvalue weighted by Crippen LogP contribution is 2.31. The van der Waals surface area contributed by atoms with Gasteiger partial charge in [-0.05, 0) is 38.1 Å². The van der Waals surface area contributed by atoms with Gasteiger partial charge in [0.25, 0.3) is 11.8 Å². The number of nitrogens with one attached hydrogen (secondary N) is 1. The van der Waals surface area contributed by atoms with E-state index in [2.05, 4.69) is 4.72 Å². The Morgan fingerprint density at radius 3 is 2.39 bits per heavy atom. The average Bonchev–Trinajstić information content (AvgIpc) is 2.78. The molecule has 1 aliphatic heterocycles. The highest BCUT2D eigenvalue weighted by atomic mass is 32.2. The summed E-state index contributed by atoms with van der Waals surface area (Å²) in [6.07, 6.45) is 0.255. The monoisotopic (exact) mass is 475 g/mol. The average molecular weight is 476 g/mol. The number of rotatable bonds is 7. The van der Waals surface area contributed by atoms with Crippen LogP contribution in [0.1, 0.15) is 24.2 Å². The lowest BCUT2D eigenvalue weighted by molar-refractivity contribution is -0.142. The third kappa shape index (κ3) is 6.16. The molecule has 3 rings (SSSR count). The molecule has 0 aromatic heterocycles. The number of nitrogens with zero attached hydrogens (tertiary/aromatic N) is 2. The molecule has 1 fully saturated rings. The minimum atomic E-state index is -3.44. The Bertz CT molecular complexity index is 1110. The number of sulfonamides is 1. The van der Waals surface area contributed by atoms with Crippen molar-refractivity contribution in [3.63, 3.8) is 0 Å². The van der Waals surface area contributed by atoms with Crippen molar-refractivity contribution in [2.75, 3.05) is 37.7 Å². The van der Waals surface area contributed by atoms with Crippen molar-refractivity contribution in [2.45, 2.75) is 26.0 Å². The second kappa shape index (κ2) is 10.1. The van der Waals surface area contributed by atoms with Crippen LogP contribution in [0, 0.1) is 0 Å². The van der Waals surface area contributed by atoms with Crippen LogP contribution in [0.25, 0.3) is 0 Å². The van der Waals surface area contributed by atoms with Crippen molar-refractivity contribution in [2.24, 2.45) is 0 Å². The summed E-state index contributed by atoms with van der Waals surface area (Å²) in [5, 5.41) is 0. The fourth-order valence-corrected chi connectivity index (χ4v) is 4.30. The smallest absolute Gasteiger partial charge is 0.263 e. The van der Waals surface area contributed by atoms with Crippen LogP contribution < -0.4 is 14.2 Å². The van der Waals surface area contributed by atoms with Crippen LogP contribution in [0.3, 0.4) is 0 Å². The van der Waals surface area contributed by atoms with E-state index in [-0.39, 0.29) is 17.9 Å². The molecule has 0 radical (unpaired) electrons. The summed E-state index contributed by atoms with van der Waals surface area (Å²) in [6.45, 7) is 4.83. The van der Waals surface area contributed by atoms with Crippen LogP contribution in [-0.4, -0.2) is 75.2 Å². The van der Waals surface area contributed by atoms with Gasteiger partial charge in [-0.25, -0.2) is 8.42 Å². The lowest BCUT2D eigenvalue weighted by atomic mass is 10.1. The number of ether oxygens (including phenoxy) is 2. The number of piperazine rings is 1. The van der Waals surface area contributed by atoms with Crippen molar-refractivity contribution in [1.29, 1.82) is 0 Å². The highest BCUT2D eigenvalue weighted by Gasteiger charge is 2.33. The van der Waals surface area contributed by atoms with Gasteiger partial charge in [0.1, 0.15) is 0 Å². The van der Waals surface area contributed by atoms with E-state index < -0.39 is 16.1 Å². The number of carbonyl (C=O) groups is 2. The molecular formula is C23H29N3O6S. The quantitative estimate of drug-likeness (QED) is 0.658. The van der Waals surface area contributed by atoms with Crippen LogP contribution in [0.5, 0.6) is 11.5 Å². The minimum Gasteiger partial charge on any atom is -0.493 e. The Kier molecular flexibility index (Phi) is 7.47. The first-order valence-corrected chi connectivity index (χ1v) is 12.5. The predicted octanol–water partition coefficient (Wildman–Crippen LogP) is 2.21. The van der Waals surface area contributed by atoms with E-state index in [0.717, 1.165) is 6.26 Å². The molecular weight excluding hydrogens is 446 g/mol. The van der Waals surface area contributed by atoms with E-state index in [1.165, 1.54) is 19.2 Å². The van der Waals surface area contributed by atoms with E-state index in [1.807, 2.05) is 25.1 Å². The molecule has 1 heterocycles. The van der Waals surface area contributed by atoms with Crippen LogP contribution in [-0.2, 0) is 14.8 Å². The molecule has 1 N–H and O–H groups in total.